The molecule has 1 aliphatic heterocycles. The molecule has 0 spiro atoms. The molecule has 0 saturated carbocycles. The maximum absolute atomic E-state index is 12.4. The van der Waals surface area contributed by atoms with Gasteiger partial charge in [-0.15, -0.1) is 11.3 Å². The van der Waals surface area contributed by atoms with Crippen LogP contribution in [-0.2, 0) is 0 Å². The molecule has 0 saturated heterocycles. The Hall–Kier alpha value is -2.39. The number of halogens is 1. The number of anilines is 1. The maximum Gasteiger partial charge on any atom is 0.312 e. The fraction of sp³-hybridized carbons (Fsp3) is 0.286. The third-order valence-electron chi connectivity index (χ3n) is 3.12. The second-order valence-corrected chi connectivity index (χ2v) is 6.73. The minimum absolute atomic E-state index is 0.0246. The highest BCUT2D eigenvalue weighted by atomic mass is 35.5. The van der Waals surface area contributed by atoms with Gasteiger partial charge in [-0.1, -0.05) is 11.6 Å². The summed E-state index contributed by atoms with van der Waals surface area (Å²) in [5.74, 6) is -0.214. The van der Waals surface area contributed by atoms with Crippen molar-refractivity contribution in [3.63, 3.8) is 0 Å². The third kappa shape index (κ3) is 3.13. The number of nitrogens with one attached hydrogen (secondary N) is 1. The van der Waals surface area contributed by atoms with Crippen molar-refractivity contribution in [3.05, 3.63) is 37.7 Å². The quantitative estimate of drug-likeness (QED) is 0.488. The van der Waals surface area contributed by atoms with E-state index in [0.717, 1.165) is 0 Å². The van der Waals surface area contributed by atoms with E-state index < -0.39 is 10.7 Å². The van der Waals surface area contributed by atoms with E-state index in [1.54, 1.807) is 19.2 Å². The highest BCUT2D eigenvalue weighted by molar-refractivity contribution is 7.12. The van der Waals surface area contributed by atoms with Crippen LogP contribution in [0.4, 0.5) is 11.5 Å². The number of thiophene rings is 1. The lowest BCUT2D eigenvalue weighted by Crippen LogP contribution is -2.30. The predicted octanol–water partition coefficient (Wildman–Crippen LogP) is 3.51. The zero-order chi connectivity index (χ0) is 17.5. The van der Waals surface area contributed by atoms with Gasteiger partial charge in [0, 0.05) is 31.5 Å². The molecule has 0 unspecified atom stereocenters. The topological polar surface area (TPSA) is 104 Å². The predicted molar refractivity (Wildman–Crippen MR) is 88.4 cm³/mol. The summed E-state index contributed by atoms with van der Waals surface area (Å²) in [7, 11) is 0. The number of Topliss-reactive ketones (excluding diaryl/α,β-unsaturated/α-hetero) is 1. The number of fused-ring (bicyclic) bond motifs is 1. The van der Waals surface area contributed by atoms with Gasteiger partial charge in [0.05, 0.1) is 16.5 Å². The average Bonchev–Trinajstić information content (AvgIpc) is 3.00. The van der Waals surface area contributed by atoms with E-state index in [1.165, 1.54) is 23.6 Å². The van der Waals surface area contributed by atoms with Crippen molar-refractivity contribution in [2.45, 2.75) is 19.6 Å². The van der Waals surface area contributed by atoms with Gasteiger partial charge in [-0.2, -0.15) is 0 Å². The summed E-state index contributed by atoms with van der Waals surface area (Å²) in [6.45, 7) is 3.31. The van der Waals surface area contributed by atoms with E-state index in [4.69, 9.17) is 21.1 Å². The van der Waals surface area contributed by atoms with Crippen LogP contribution in [0.3, 0.4) is 0 Å². The van der Waals surface area contributed by atoms with E-state index in [1.807, 2.05) is 0 Å². The fourth-order valence-corrected chi connectivity index (χ4v) is 3.16. The number of nitrogens with zero attached hydrogens (tertiary/aromatic N) is 2. The van der Waals surface area contributed by atoms with Crippen LogP contribution in [-0.4, -0.2) is 28.0 Å². The van der Waals surface area contributed by atoms with Crippen molar-refractivity contribution in [2.75, 3.05) is 11.9 Å². The molecule has 0 radical (unpaired) electrons. The maximum atomic E-state index is 12.4. The summed E-state index contributed by atoms with van der Waals surface area (Å²) < 4.78 is 11.2. The molecule has 1 N–H and O–H groups in total. The third-order valence-corrected chi connectivity index (χ3v) is 4.31. The molecule has 10 heteroatoms. The number of hydrogen-bond acceptors (Lipinski definition) is 8. The lowest BCUT2D eigenvalue weighted by atomic mass is 10.3. The fourth-order valence-electron chi connectivity index (χ4n) is 2.17. The van der Waals surface area contributed by atoms with Crippen molar-refractivity contribution >= 4 is 40.2 Å². The van der Waals surface area contributed by atoms with Crippen LogP contribution in [0, 0.1) is 10.1 Å². The zero-order valence-electron chi connectivity index (χ0n) is 12.7. The van der Waals surface area contributed by atoms with Gasteiger partial charge in [0.15, 0.2) is 17.3 Å². The van der Waals surface area contributed by atoms with Crippen LogP contribution in [0.2, 0.25) is 5.02 Å². The molecule has 0 aliphatic carbocycles. The van der Waals surface area contributed by atoms with Crippen LogP contribution in [0.25, 0.3) is 0 Å². The Morgan fingerprint density at radius 2 is 2.25 bits per heavy atom. The zero-order valence-corrected chi connectivity index (χ0v) is 14.2. The number of carbonyl (C=O) groups excluding carboxylic acids is 1. The Kier molecular flexibility index (Phi) is 4.06. The number of ketones is 1. The van der Waals surface area contributed by atoms with E-state index >= 15 is 0 Å². The minimum atomic E-state index is -0.822. The molecule has 0 fully saturated rings. The normalized spacial score (nSPS) is 14.5. The SMILES string of the molecule is CC1(C)Oc2csc(C(=O)CNc3ncc(Cl)cc3[N+](=O)[O-])c2O1. The molecule has 2 aromatic rings. The van der Waals surface area contributed by atoms with E-state index in [2.05, 4.69) is 10.3 Å². The number of ether oxygens (including phenoxy) is 2. The minimum Gasteiger partial charge on any atom is -0.448 e. The monoisotopic (exact) mass is 369 g/mol. The van der Waals surface area contributed by atoms with Crippen molar-refractivity contribution < 1.29 is 19.2 Å². The van der Waals surface area contributed by atoms with Crippen LogP contribution in [0.1, 0.15) is 23.5 Å². The Bertz CT molecular complexity index is 836. The molecule has 126 valence electrons. The number of hydrogen-bond donors (Lipinski definition) is 1. The van der Waals surface area contributed by atoms with Crippen molar-refractivity contribution in [1.82, 2.24) is 4.98 Å². The van der Waals surface area contributed by atoms with Gasteiger partial charge in [-0.05, 0) is 0 Å². The van der Waals surface area contributed by atoms with E-state index in [9.17, 15) is 14.9 Å². The Morgan fingerprint density at radius 3 is 2.96 bits per heavy atom. The largest absolute Gasteiger partial charge is 0.448 e. The molecule has 8 nitrogen and oxygen atoms in total. The summed E-state index contributed by atoms with van der Waals surface area (Å²) >= 11 is 6.90. The smallest absolute Gasteiger partial charge is 0.312 e. The van der Waals surface area contributed by atoms with Gasteiger partial charge < -0.3 is 14.8 Å². The number of aromatic nitrogens is 1. The summed E-state index contributed by atoms with van der Waals surface area (Å²) in [6.07, 6.45) is 1.27. The van der Waals surface area contributed by atoms with Crippen molar-refractivity contribution in [1.29, 1.82) is 0 Å². The summed E-state index contributed by atoms with van der Waals surface area (Å²) in [5, 5.41) is 15.5. The first kappa shape index (κ1) is 16.5. The summed E-state index contributed by atoms with van der Waals surface area (Å²) in [6, 6.07) is 1.17. The molecular weight excluding hydrogens is 358 g/mol. The Balaban J connectivity index is 1.75. The molecule has 0 bridgehead atoms. The van der Waals surface area contributed by atoms with Gasteiger partial charge >= 0.3 is 5.69 Å². The van der Waals surface area contributed by atoms with Crippen LogP contribution in [0.5, 0.6) is 11.5 Å². The van der Waals surface area contributed by atoms with Gasteiger partial charge in [-0.3, -0.25) is 14.9 Å². The van der Waals surface area contributed by atoms with E-state index in [-0.39, 0.29) is 28.9 Å². The molecule has 24 heavy (non-hydrogen) atoms. The Morgan fingerprint density at radius 1 is 1.50 bits per heavy atom. The number of carbonyl (C=O) groups is 1. The van der Waals surface area contributed by atoms with E-state index in [0.29, 0.717) is 16.4 Å². The second-order valence-electron chi connectivity index (χ2n) is 5.42. The highest BCUT2D eigenvalue weighted by Gasteiger charge is 2.36. The number of rotatable bonds is 5. The first-order valence-electron chi connectivity index (χ1n) is 6.83. The lowest BCUT2D eigenvalue weighted by Gasteiger charge is -2.17. The highest BCUT2D eigenvalue weighted by Crippen LogP contribution is 2.46. The summed E-state index contributed by atoms with van der Waals surface area (Å²) in [5.41, 5.74) is -0.299. The summed E-state index contributed by atoms with van der Waals surface area (Å²) in [4.78, 5) is 27.0. The first-order valence-corrected chi connectivity index (χ1v) is 8.09. The van der Waals surface area contributed by atoms with Gasteiger partial charge in [0.1, 0.15) is 4.88 Å². The molecular formula is C14H12ClN3O5S. The number of nitro groups is 1. The van der Waals surface area contributed by atoms with Crippen LogP contribution in [0.15, 0.2) is 17.6 Å². The molecule has 2 aromatic heterocycles. The van der Waals surface area contributed by atoms with Gasteiger partial charge in [-0.25, -0.2) is 4.98 Å². The average molecular weight is 370 g/mol. The first-order chi connectivity index (χ1) is 11.3. The molecule has 3 heterocycles. The van der Waals surface area contributed by atoms with Crippen molar-refractivity contribution in [2.24, 2.45) is 0 Å². The van der Waals surface area contributed by atoms with Gasteiger partial charge in [0.2, 0.25) is 11.6 Å². The molecule has 0 amide bonds. The number of pyridine rings is 1. The van der Waals surface area contributed by atoms with Crippen LogP contribution >= 0.6 is 22.9 Å². The lowest BCUT2D eigenvalue weighted by molar-refractivity contribution is -0.384. The molecule has 0 atom stereocenters. The molecule has 0 aromatic carbocycles. The second kappa shape index (κ2) is 5.91. The van der Waals surface area contributed by atoms with Gasteiger partial charge in [0.25, 0.3) is 0 Å². The van der Waals surface area contributed by atoms with Crippen LogP contribution < -0.4 is 14.8 Å². The Labute approximate surface area is 145 Å². The van der Waals surface area contributed by atoms with Crippen molar-refractivity contribution in [3.8, 4) is 11.5 Å². The molecule has 3 rings (SSSR count). The standard InChI is InChI=1S/C14H12ClN3O5S/c1-14(2)22-10-6-24-12(11(10)23-14)9(19)5-17-13-8(18(20)21)3-7(15)4-16-13/h3-4,6H,5H2,1-2H3,(H,16,17). The molecule has 1 aliphatic rings.